The number of benzene rings is 2. The second kappa shape index (κ2) is 7.38. The molecule has 2 aromatic carbocycles. The zero-order valence-electron chi connectivity index (χ0n) is 16.0. The van der Waals surface area contributed by atoms with E-state index >= 15 is 0 Å². The van der Waals surface area contributed by atoms with E-state index in [1.54, 1.807) is 36.2 Å². The number of nitrogens with zero attached hydrogens (tertiary/aromatic N) is 3. The number of anilines is 1. The predicted octanol–water partition coefficient (Wildman–Crippen LogP) is 3.56. The third kappa shape index (κ3) is 3.86. The van der Waals surface area contributed by atoms with Crippen molar-refractivity contribution < 1.29 is 9.59 Å². The molecule has 1 N–H and O–H groups in total. The molecule has 1 fully saturated rings. The number of aromatic nitrogens is 2. The van der Waals surface area contributed by atoms with Gasteiger partial charge in [0.15, 0.2) is 0 Å². The molecule has 0 aliphatic heterocycles. The fraction of sp³-hybridized carbons (Fsp3) is 0.273. The van der Waals surface area contributed by atoms with Crippen LogP contribution in [0.2, 0.25) is 0 Å². The van der Waals surface area contributed by atoms with Gasteiger partial charge in [-0.1, -0.05) is 24.3 Å². The summed E-state index contributed by atoms with van der Waals surface area (Å²) in [6.45, 7) is 2.25. The number of carbonyl (C=O) groups is 2. The quantitative estimate of drug-likeness (QED) is 0.741. The Kier molecular flexibility index (Phi) is 4.77. The zero-order valence-corrected chi connectivity index (χ0v) is 16.0. The molecule has 6 nitrogen and oxygen atoms in total. The second-order valence-electron chi connectivity index (χ2n) is 7.25. The highest BCUT2D eigenvalue weighted by Crippen LogP contribution is 2.30. The van der Waals surface area contributed by atoms with Crippen LogP contribution < -0.4 is 5.32 Å². The molecule has 1 heterocycles. The molecule has 0 bridgehead atoms. The van der Waals surface area contributed by atoms with Gasteiger partial charge in [0, 0.05) is 35.3 Å². The van der Waals surface area contributed by atoms with Crippen molar-refractivity contribution in [2.75, 3.05) is 12.4 Å². The van der Waals surface area contributed by atoms with Crippen molar-refractivity contribution in [1.29, 1.82) is 0 Å². The standard InChI is InChI=1S/C22H22N4O2/c1-14-18-8-3-4-9-19(18)25-20(23-14)13-26(2)22(28)16-6-5-7-17(12-16)24-21(27)15-10-11-15/h3-9,12,15H,10-11,13H2,1-2H3,(H,24,27). The molecule has 4 rings (SSSR count). The lowest BCUT2D eigenvalue weighted by atomic mass is 10.1. The van der Waals surface area contributed by atoms with Gasteiger partial charge in [-0.15, -0.1) is 0 Å². The maximum Gasteiger partial charge on any atom is 0.254 e. The average molecular weight is 374 g/mol. The summed E-state index contributed by atoms with van der Waals surface area (Å²) in [7, 11) is 1.73. The van der Waals surface area contributed by atoms with Gasteiger partial charge in [0.25, 0.3) is 5.91 Å². The van der Waals surface area contributed by atoms with E-state index in [0.29, 0.717) is 23.6 Å². The van der Waals surface area contributed by atoms with Crippen molar-refractivity contribution in [2.45, 2.75) is 26.3 Å². The SMILES string of the molecule is Cc1nc(CN(C)C(=O)c2cccc(NC(=O)C3CC3)c2)nc2ccccc12. The summed E-state index contributed by atoms with van der Waals surface area (Å²) in [5.74, 6) is 0.607. The molecule has 0 spiro atoms. The van der Waals surface area contributed by atoms with Gasteiger partial charge in [-0.25, -0.2) is 9.97 Å². The molecule has 1 aromatic heterocycles. The number of nitrogens with one attached hydrogen (secondary N) is 1. The number of fused-ring (bicyclic) bond motifs is 1. The fourth-order valence-electron chi connectivity index (χ4n) is 3.19. The van der Waals surface area contributed by atoms with Crippen molar-refractivity contribution in [3.63, 3.8) is 0 Å². The van der Waals surface area contributed by atoms with Crippen LogP contribution in [0.15, 0.2) is 48.5 Å². The number of hydrogen-bond acceptors (Lipinski definition) is 4. The fourth-order valence-corrected chi connectivity index (χ4v) is 3.19. The van der Waals surface area contributed by atoms with Crippen LogP contribution in [-0.2, 0) is 11.3 Å². The number of hydrogen-bond donors (Lipinski definition) is 1. The first kappa shape index (κ1) is 18.1. The van der Waals surface area contributed by atoms with Gasteiger partial charge >= 0.3 is 0 Å². The average Bonchev–Trinajstić information content (AvgIpc) is 3.53. The Morgan fingerprint density at radius 2 is 1.89 bits per heavy atom. The Balaban J connectivity index is 1.49. The van der Waals surface area contributed by atoms with Crippen LogP contribution in [0.5, 0.6) is 0 Å². The Bertz CT molecular complexity index is 1060. The van der Waals surface area contributed by atoms with Crippen LogP contribution >= 0.6 is 0 Å². The van der Waals surface area contributed by atoms with E-state index in [4.69, 9.17) is 0 Å². The Morgan fingerprint density at radius 3 is 2.68 bits per heavy atom. The van der Waals surface area contributed by atoms with Gasteiger partial charge in [0.05, 0.1) is 12.1 Å². The minimum atomic E-state index is -0.142. The van der Waals surface area contributed by atoms with Crippen LogP contribution in [0.1, 0.15) is 34.7 Å². The largest absolute Gasteiger partial charge is 0.334 e. The monoisotopic (exact) mass is 374 g/mol. The van der Waals surface area contributed by atoms with E-state index in [0.717, 1.165) is 29.4 Å². The molecule has 3 aromatic rings. The molecule has 1 saturated carbocycles. The number of carbonyl (C=O) groups excluding carboxylic acids is 2. The van der Waals surface area contributed by atoms with Crippen LogP contribution in [0.4, 0.5) is 5.69 Å². The van der Waals surface area contributed by atoms with E-state index < -0.39 is 0 Å². The van der Waals surface area contributed by atoms with E-state index in [1.165, 1.54) is 0 Å². The lowest BCUT2D eigenvalue weighted by Gasteiger charge is -2.17. The Labute approximate surface area is 163 Å². The highest BCUT2D eigenvalue weighted by Gasteiger charge is 2.29. The van der Waals surface area contributed by atoms with Gasteiger partial charge in [-0.05, 0) is 44.0 Å². The lowest BCUT2D eigenvalue weighted by Crippen LogP contribution is -2.27. The summed E-state index contributed by atoms with van der Waals surface area (Å²) in [5.41, 5.74) is 2.93. The molecule has 28 heavy (non-hydrogen) atoms. The van der Waals surface area contributed by atoms with Gasteiger partial charge in [-0.2, -0.15) is 0 Å². The third-order valence-electron chi connectivity index (χ3n) is 4.89. The van der Waals surface area contributed by atoms with Gasteiger partial charge in [-0.3, -0.25) is 9.59 Å². The smallest absolute Gasteiger partial charge is 0.254 e. The number of para-hydroxylation sites is 1. The molecule has 2 amide bonds. The van der Waals surface area contributed by atoms with Gasteiger partial charge in [0.1, 0.15) is 5.82 Å². The predicted molar refractivity (Wildman–Crippen MR) is 108 cm³/mol. The summed E-state index contributed by atoms with van der Waals surface area (Å²) in [6.07, 6.45) is 1.89. The maximum absolute atomic E-state index is 12.8. The first-order chi connectivity index (χ1) is 13.5. The topological polar surface area (TPSA) is 75.2 Å². The molecule has 1 aliphatic rings. The zero-order chi connectivity index (χ0) is 19.7. The molecule has 1 aliphatic carbocycles. The number of rotatable bonds is 5. The summed E-state index contributed by atoms with van der Waals surface area (Å²) in [6, 6.07) is 14.9. The normalized spacial score (nSPS) is 13.4. The first-order valence-electron chi connectivity index (χ1n) is 9.40. The van der Waals surface area contributed by atoms with E-state index in [9.17, 15) is 9.59 Å². The van der Waals surface area contributed by atoms with Crippen molar-refractivity contribution >= 4 is 28.4 Å². The molecule has 142 valence electrons. The van der Waals surface area contributed by atoms with E-state index in [1.807, 2.05) is 31.2 Å². The molecule has 0 unspecified atom stereocenters. The summed E-state index contributed by atoms with van der Waals surface area (Å²) in [4.78, 5) is 35.5. The molecular weight excluding hydrogens is 352 g/mol. The highest BCUT2D eigenvalue weighted by molar-refractivity contribution is 5.98. The highest BCUT2D eigenvalue weighted by atomic mass is 16.2. The van der Waals surface area contributed by atoms with Crippen LogP contribution in [0.25, 0.3) is 10.9 Å². The minimum absolute atomic E-state index is 0.0259. The van der Waals surface area contributed by atoms with Crippen molar-refractivity contribution in [3.05, 3.63) is 65.6 Å². The summed E-state index contributed by atoms with van der Waals surface area (Å²) in [5, 5.41) is 3.89. The van der Waals surface area contributed by atoms with Crippen LogP contribution in [0.3, 0.4) is 0 Å². The summed E-state index contributed by atoms with van der Waals surface area (Å²) >= 11 is 0. The molecule has 0 atom stereocenters. The van der Waals surface area contributed by atoms with Crippen LogP contribution in [-0.4, -0.2) is 33.7 Å². The van der Waals surface area contributed by atoms with Crippen molar-refractivity contribution in [3.8, 4) is 0 Å². The minimum Gasteiger partial charge on any atom is -0.334 e. The molecule has 0 radical (unpaired) electrons. The number of aryl methyl sites for hydroxylation is 1. The van der Waals surface area contributed by atoms with E-state index in [2.05, 4.69) is 15.3 Å². The Morgan fingerprint density at radius 1 is 1.11 bits per heavy atom. The maximum atomic E-state index is 12.8. The van der Waals surface area contributed by atoms with Crippen molar-refractivity contribution in [1.82, 2.24) is 14.9 Å². The molecule has 0 saturated heterocycles. The molecular formula is C22H22N4O2. The number of amides is 2. The molecule has 6 heteroatoms. The van der Waals surface area contributed by atoms with Gasteiger partial charge in [0.2, 0.25) is 5.91 Å². The first-order valence-corrected chi connectivity index (χ1v) is 9.40. The van der Waals surface area contributed by atoms with E-state index in [-0.39, 0.29) is 17.7 Å². The third-order valence-corrected chi connectivity index (χ3v) is 4.89. The lowest BCUT2D eigenvalue weighted by molar-refractivity contribution is -0.117. The summed E-state index contributed by atoms with van der Waals surface area (Å²) < 4.78 is 0. The van der Waals surface area contributed by atoms with Crippen LogP contribution in [0, 0.1) is 12.8 Å². The Hall–Kier alpha value is -3.28. The van der Waals surface area contributed by atoms with Gasteiger partial charge < -0.3 is 10.2 Å². The second-order valence-corrected chi connectivity index (χ2v) is 7.25. The van der Waals surface area contributed by atoms with Crippen molar-refractivity contribution in [2.24, 2.45) is 5.92 Å².